The molecule has 134 valence electrons. The minimum Gasteiger partial charge on any atom is -0.358 e. The number of nitrogens with zero attached hydrogens (tertiary/aromatic N) is 3. The van der Waals surface area contributed by atoms with Gasteiger partial charge < -0.3 is 20.0 Å². The van der Waals surface area contributed by atoms with E-state index in [0.29, 0.717) is 6.54 Å². The topological polar surface area (TPSA) is 90.1 Å². The average Bonchev–Trinajstić information content (AvgIpc) is 3.01. The van der Waals surface area contributed by atoms with Crippen molar-refractivity contribution in [3.63, 3.8) is 0 Å². The molecule has 1 aromatic carbocycles. The predicted molar refractivity (Wildman–Crippen MR) is 94.9 cm³/mol. The number of nitro groups is 1. The van der Waals surface area contributed by atoms with Crippen LogP contribution in [0.3, 0.4) is 0 Å². The van der Waals surface area contributed by atoms with Crippen LogP contribution in [0.5, 0.6) is 0 Å². The Bertz CT molecular complexity index is 719. The molecule has 0 bridgehead atoms. The molecule has 1 atom stereocenters. The van der Waals surface area contributed by atoms with Gasteiger partial charge in [-0.15, -0.1) is 0 Å². The first-order chi connectivity index (χ1) is 11.7. The smallest absolute Gasteiger partial charge is 0.358 e. The third kappa shape index (κ3) is 6.02. The molecular formula is C18H24N4O3. The monoisotopic (exact) mass is 344 g/mol. The first-order valence-electron chi connectivity index (χ1n) is 8.25. The molecule has 7 heteroatoms. The molecule has 1 N–H and O–H groups in total. The molecule has 7 nitrogen and oxygen atoms in total. The molecule has 25 heavy (non-hydrogen) atoms. The van der Waals surface area contributed by atoms with Crippen LogP contribution in [0.25, 0.3) is 0 Å². The lowest BCUT2D eigenvalue weighted by Crippen LogP contribution is -2.31. The van der Waals surface area contributed by atoms with Crippen molar-refractivity contribution in [2.24, 2.45) is 5.41 Å². The van der Waals surface area contributed by atoms with Crippen molar-refractivity contribution in [1.82, 2.24) is 14.9 Å². The lowest BCUT2D eigenvalue weighted by molar-refractivity contribution is -0.389. The van der Waals surface area contributed by atoms with E-state index >= 15 is 0 Å². The SMILES string of the molecule is CC(C)(C)C[C@H](NC(=O)CCn1cnc([N+](=O)[O-])c1)c1ccccc1. The highest BCUT2D eigenvalue weighted by Crippen LogP contribution is 2.29. The van der Waals surface area contributed by atoms with Crippen molar-refractivity contribution in [3.8, 4) is 0 Å². The quantitative estimate of drug-likeness (QED) is 0.615. The summed E-state index contributed by atoms with van der Waals surface area (Å²) in [5.74, 6) is -0.301. The summed E-state index contributed by atoms with van der Waals surface area (Å²) in [5.41, 5.74) is 1.14. The summed E-state index contributed by atoms with van der Waals surface area (Å²) in [7, 11) is 0. The van der Waals surface area contributed by atoms with E-state index in [1.165, 1.54) is 12.5 Å². The van der Waals surface area contributed by atoms with Crippen molar-refractivity contribution >= 4 is 11.7 Å². The standard InChI is InChI=1S/C18H24N4O3/c1-18(2,3)11-15(14-7-5-4-6-8-14)20-17(23)9-10-21-12-16(19-13-21)22(24)25/h4-8,12-13,15H,9-11H2,1-3H3,(H,20,23)/t15-/m0/s1. The first-order valence-corrected chi connectivity index (χ1v) is 8.25. The number of aromatic nitrogens is 2. The maximum absolute atomic E-state index is 12.3. The number of carbonyl (C=O) groups is 1. The highest BCUT2D eigenvalue weighted by atomic mass is 16.6. The molecule has 0 aliphatic carbocycles. The minimum absolute atomic E-state index is 0.0641. The summed E-state index contributed by atoms with van der Waals surface area (Å²) < 4.78 is 1.55. The fraction of sp³-hybridized carbons (Fsp3) is 0.444. The van der Waals surface area contributed by atoms with Crippen LogP contribution in [0.15, 0.2) is 42.9 Å². The lowest BCUT2D eigenvalue weighted by atomic mass is 9.85. The number of hydrogen-bond acceptors (Lipinski definition) is 4. The molecule has 0 radical (unpaired) electrons. The van der Waals surface area contributed by atoms with Gasteiger partial charge in [-0.3, -0.25) is 4.79 Å². The van der Waals surface area contributed by atoms with Crippen LogP contribution in [0, 0.1) is 15.5 Å². The van der Waals surface area contributed by atoms with Gasteiger partial charge in [-0.2, -0.15) is 0 Å². The van der Waals surface area contributed by atoms with E-state index in [1.54, 1.807) is 4.57 Å². The van der Waals surface area contributed by atoms with Gasteiger partial charge in [0.2, 0.25) is 12.2 Å². The van der Waals surface area contributed by atoms with Crippen molar-refractivity contribution in [2.45, 2.75) is 46.2 Å². The molecule has 1 heterocycles. The Labute approximate surface area is 147 Å². The third-order valence-electron chi connectivity index (χ3n) is 3.76. The van der Waals surface area contributed by atoms with E-state index in [9.17, 15) is 14.9 Å². The number of aryl methyl sites for hydroxylation is 1. The van der Waals surface area contributed by atoms with Gasteiger partial charge in [0.25, 0.3) is 0 Å². The van der Waals surface area contributed by atoms with Crippen molar-refractivity contribution in [3.05, 3.63) is 58.5 Å². The Balaban J connectivity index is 1.97. The highest BCUT2D eigenvalue weighted by molar-refractivity contribution is 5.76. The molecule has 0 saturated heterocycles. The van der Waals surface area contributed by atoms with Crippen molar-refractivity contribution < 1.29 is 9.72 Å². The van der Waals surface area contributed by atoms with E-state index < -0.39 is 4.92 Å². The summed E-state index contributed by atoms with van der Waals surface area (Å²) >= 11 is 0. The number of carbonyl (C=O) groups excluding carboxylic acids is 1. The van der Waals surface area contributed by atoms with Crippen LogP contribution in [-0.4, -0.2) is 20.4 Å². The summed E-state index contributed by atoms with van der Waals surface area (Å²) in [4.78, 5) is 26.1. The van der Waals surface area contributed by atoms with E-state index in [2.05, 4.69) is 31.1 Å². The molecule has 0 aliphatic rings. The Morgan fingerprint density at radius 1 is 1.32 bits per heavy atom. The van der Waals surface area contributed by atoms with Crippen LogP contribution in [0.2, 0.25) is 0 Å². The van der Waals surface area contributed by atoms with Crippen LogP contribution in [-0.2, 0) is 11.3 Å². The lowest BCUT2D eigenvalue weighted by Gasteiger charge is -2.27. The zero-order chi connectivity index (χ0) is 18.4. The molecule has 1 aromatic heterocycles. The number of imidazole rings is 1. The third-order valence-corrected chi connectivity index (χ3v) is 3.76. The fourth-order valence-electron chi connectivity index (χ4n) is 2.61. The molecule has 0 saturated carbocycles. The van der Waals surface area contributed by atoms with Crippen molar-refractivity contribution in [1.29, 1.82) is 0 Å². The summed E-state index contributed by atoms with van der Waals surface area (Å²) in [5, 5.41) is 13.7. The van der Waals surface area contributed by atoms with Gasteiger partial charge in [0.1, 0.15) is 6.20 Å². The van der Waals surface area contributed by atoms with E-state index in [-0.39, 0.29) is 29.6 Å². The average molecular weight is 344 g/mol. The van der Waals surface area contributed by atoms with Gasteiger partial charge in [0.05, 0.1) is 6.04 Å². The largest absolute Gasteiger partial charge is 0.381 e. The predicted octanol–water partition coefficient (Wildman–Crippen LogP) is 3.48. The van der Waals surface area contributed by atoms with Gasteiger partial charge >= 0.3 is 5.82 Å². The molecule has 2 rings (SSSR count). The van der Waals surface area contributed by atoms with Gasteiger partial charge in [-0.05, 0) is 27.3 Å². The number of benzene rings is 1. The number of amides is 1. The van der Waals surface area contributed by atoms with Gasteiger partial charge in [0.15, 0.2) is 0 Å². The zero-order valence-electron chi connectivity index (χ0n) is 14.8. The van der Waals surface area contributed by atoms with Crippen molar-refractivity contribution in [2.75, 3.05) is 0 Å². The normalized spacial score (nSPS) is 12.6. The molecule has 0 fully saturated rings. The number of nitrogens with one attached hydrogen (secondary N) is 1. The zero-order valence-corrected chi connectivity index (χ0v) is 14.8. The summed E-state index contributed by atoms with van der Waals surface area (Å²) in [6.45, 7) is 6.77. The van der Waals surface area contributed by atoms with Gasteiger partial charge in [-0.25, -0.2) is 0 Å². The summed E-state index contributed by atoms with van der Waals surface area (Å²) in [6.07, 6.45) is 3.76. The second-order valence-corrected chi connectivity index (χ2v) is 7.27. The maximum atomic E-state index is 12.3. The van der Waals surface area contributed by atoms with Crippen LogP contribution in [0.4, 0.5) is 5.82 Å². The van der Waals surface area contributed by atoms with Crippen LogP contribution >= 0.6 is 0 Å². The second-order valence-electron chi connectivity index (χ2n) is 7.27. The van der Waals surface area contributed by atoms with E-state index in [0.717, 1.165) is 12.0 Å². The fourth-order valence-corrected chi connectivity index (χ4v) is 2.61. The van der Waals surface area contributed by atoms with Gasteiger partial charge in [-0.1, -0.05) is 51.1 Å². The highest BCUT2D eigenvalue weighted by Gasteiger charge is 2.22. The second kappa shape index (κ2) is 7.92. The summed E-state index contributed by atoms with van der Waals surface area (Å²) in [6, 6.07) is 9.83. The Morgan fingerprint density at radius 2 is 2.00 bits per heavy atom. The molecule has 0 unspecified atom stereocenters. The van der Waals surface area contributed by atoms with E-state index in [1.807, 2.05) is 30.3 Å². The number of rotatable bonds is 7. The van der Waals surface area contributed by atoms with Crippen LogP contribution < -0.4 is 5.32 Å². The number of hydrogen-bond donors (Lipinski definition) is 1. The Hall–Kier alpha value is -2.70. The Morgan fingerprint density at radius 3 is 2.56 bits per heavy atom. The first kappa shape index (κ1) is 18.6. The van der Waals surface area contributed by atoms with E-state index in [4.69, 9.17) is 0 Å². The molecule has 1 amide bonds. The maximum Gasteiger partial charge on any atom is 0.381 e. The molecule has 0 aliphatic heterocycles. The Kier molecular flexibility index (Phi) is 5.90. The molecule has 2 aromatic rings. The van der Waals surface area contributed by atoms with Crippen LogP contribution in [0.1, 0.15) is 45.2 Å². The minimum atomic E-state index is -0.550. The molecule has 0 spiro atoms. The van der Waals surface area contributed by atoms with Gasteiger partial charge in [0, 0.05) is 13.0 Å². The molecular weight excluding hydrogens is 320 g/mol.